The molecule has 16 heavy (non-hydrogen) atoms. The number of thiophene rings is 1. The molecule has 0 spiro atoms. The number of aliphatic hydroxyl groups is 1. The molecule has 1 saturated heterocycles. The number of hydrogen-bond donors (Lipinski definition) is 1. The van der Waals surface area contributed by atoms with Gasteiger partial charge in [0.25, 0.3) is 5.91 Å². The van der Waals surface area contributed by atoms with E-state index in [1.165, 1.54) is 11.3 Å². The fourth-order valence-corrected chi connectivity index (χ4v) is 2.78. The summed E-state index contributed by atoms with van der Waals surface area (Å²) >= 11 is 1.38. The molecule has 0 unspecified atom stereocenters. The van der Waals surface area contributed by atoms with Gasteiger partial charge < -0.3 is 14.7 Å². The molecule has 2 heterocycles. The molecule has 0 aromatic carbocycles. The van der Waals surface area contributed by atoms with Crippen LogP contribution in [0.1, 0.15) is 22.5 Å². The van der Waals surface area contributed by atoms with Gasteiger partial charge in [0.05, 0.1) is 24.6 Å². The van der Waals surface area contributed by atoms with E-state index in [1.807, 2.05) is 5.38 Å². The topological polar surface area (TPSA) is 49.8 Å². The Morgan fingerprint density at radius 2 is 2.56 bits per heavy atom. The Bertz CT molecular complexity index is 377. The second-order valence-corrected chi connectivity index (χ2v) is 4.74. The van der Waals surface area contributed by atoms with Crippen molar-refractivity contribution < 1.29 is 14.6 Å². The first-order chi connectivity index (χ1) is 7.76. The molecule has 1 amide bonds. The van der Waals surface area contributed by atoms with Gasteiger partial charge in [0, 0.05) is 18.0 Å². The Labute approximate surface area is 98.4 Å². The minimum absolute atomic E-state index is 0.00449. The van der Waals surface area contributed by atoms with Crippen LogP contribution in [0.5, 0.6) is 5.75 Å². The molecule has 0 radical (unpaired) electrons. The zero-order valence-corrected chi connectivity index (χ0v) is 10.00. The highest BCUT2D eigenvalue weighted by Gasteiger charge is 2.29. The summed E-state index contributed by atoms with van der Waals surface area (Å²) in [5.74, 6) is 0.720. The molecule has 1 atom stereocenters. The number of likely N-dealkylation sites (tertiary alicyclic amines) is 1. The van der Waals surface area contributed by atoms with E-state index >= 15 is 0 Å². The molecule has 2 rings (SSSR count). The number of aliphatic hydroxyl groups excluding tert-OH is 1. The Kier molecular flexibility index (Phi) is 3.46. The summed E-state index contributed by atoms with van der Waals surface area (Å²) in [6.45, 7) is 0.790. The largest absolute Gasteiger partial charge is 0.496 e. The van der Waals surface area contributed by atoms with Crippen LogP contribution in [0.15, 0.2) is 11.4 Å². The smallest absolute Gasteiger partial charge is 0.264 e. The monoisotopic (exact) mass is 241 g/mol. The van der Waals surface area contributed by atoms with E-state index in [9.17, 15) is 4.79 Å². The number of carbonyl (C=O) groups is 1. The maximum atomic E-state index is 12.1. The van der Waals surface area contributed by atoms with Gasteiger partial charge in [0.15, 0.2) is 0 Å². The number of carbonyl (C=O) groups excluding carboxylic acids is 1. The van der Waals surface area contributed by atoms with Gasteiger partial charge in [-0.05, 0) is 12.8 Å². The second kappa shape index (κ2) is 4.84. The van der Waals surface area contributed by atoms with Gasteiger partial charge in [-0.2, -0.15) is 0 Å². The molecule has 0 saturated carbocycles. The van der Waals surface area contributed by atoms with Crippen molar-refractivity contribution in [3.63, 3.8) is 0 Å². The third-order valence-electron chi connectivity index (χ3n) is 2.87. The summed E-state index contributed by atoms with van der Waals surface area (Å²) in [7, 11) is 1.59. The first kappa shape index (κ1) is 11.4. The summed E-state index contributed by atoms with van der Waals surface area (Å²) in [5, 5.41) is 11.0. The van der Waals surface area contributed by atoms with Crippen LogP contribution in [0.4, 0.5) is 0 Å². The van der Waals surface area contributed by atoms with E-state index in [4.69, 9.17) is 9.84 Å². The summed E-state index contributed by atoms with van der Waals surface area (Å²) in [6, 6.07) is 1.74. The minimum atomic E-state index is -0.0133. The molecule has 1 aromatic rings. The van der Waals surface area contributed by atoms with Crippen molar-refractivity contribution in [1.82, 2.24) is 4.90 Å². The van der Waals surface area contributed by atoms with Crippen LogP contribution >= 0.6 is 11.3 Å². The van der Waals surface area contributed by atoms with Crippen molar-refractivity contribution in [2.24, 2.45) is 0 Å². The van der Waals surface area contributed by atoms with Crippen LogP contribution in [-0.2, 0) is 0 Å². The van der Waals surface area contributed by atoms with Crippen LogP contribution in [0.2, 0.25) is 0 Å². The van der Waals surface area contributed by atoms with E-state index in [-0.39, 0.29) is 18.6 Å². The quantitative estimate of drug-likeness (QED) is 0.869. The predicted molar refractivity (Wildman–Crippen MR) is 62.0 cm³/mol. The average molecular weight is 241 g/mol. The predicted octanol–water partition coefficient (Wildman–Crippen LogP) is 1.35. The van der Waals surface area contributed by atoms with E-state index < -0.39 is 0 Å². The molecule has 1 aliphatic rings. The van der Waals surface area contributed by atoms with Crippen LogP contribution in [0.3, 0.4) is 0 Å². The SMILES string of the molecule is COc1csc(C(=O)N2CCC[C@H]2CO)c1. The van der Waals surface area contributed by atoms with E-state index in [0.29, 0.717) is 10.6 Å². The normalized spacial score (nSPS) is 20.1. The minimum Gasteiger partial charge on any atom is -0.496 e. The third-order valence-corrected chi connectivity index (χ3v) is 3.77. The molecule has 1 aliphatic heterocycles. The first-order valence-electron chi connectivity index (χ1n) is 5.30. The summed E-state index contributed by atoms with van der Waals surface area (Å²) in [4.78, 5) is 14.5. The molecule has 5 heteroatoms. The Balaban J connectivity index is 2.12. The molecule has 0 aliphatic carbocycles. The highest BCUT2D eigenvalue weighted by Crippen LogP contribution is 2.26. The van der Waals surface area contributed by atoms with Gasteiger partial charge in [0.1, 0.15) is 5.75 Å². The van der Waals surface area contributed by atoms with Crippen molar-refractivity contribution in [2.75, 3.05) is 20.3 Å². The number of ether oxygens (including phenoxy) is 1. The van der Waals surface area contributed by atoms with Crippen LogP contribution < -0.4 is 4.74 Å². The Morgan fingerprint density at radius 3 is 3.19 bits per heavy atom. The maximum absolute atomic E-state index is 12.1. The molecule has 0 bridgehead atoms. The van der Waals surface area contributed by atoms with Crippen molar-refractivity contribution in [2.45, 2.75) is 18.9 Å². The molecule has 4 nitrogen and oxygen atoms in total. The lowest BCUT2D eigenvalue weighted by Gasteiger charge is -2.22. The van der Waals surface area contributed by atoms with Crippen LogP contribution in [0, 0.1) is 0 Å². The van der Waals surface area contributed by atoms with Gasteiger partial charge in [-0.25, -0.2) is 0 Å². The lowest BCUT2D eigenvalue weighted by Crippen LogP contribution is -2.37. The van der Waals surface area contributed by atoms with E-state index in [0.717, 1.165) is 19.4 Å². The fourth-order valence-electron chi connectivity index (χ4n) is 1.97. The zero-order chi connectivity index (χ0) is 11.5. The Morgan fingerprint density at radius 1 is 1.75 bits per heavy atom. The third kappa shape index (κ3) is 2.05. The lowest BCUT2D eigenvalue weighted by molar-refractivity contribution is 0.0682. The maximum Gasteiger partial charge on any atom is 0.264 e. The Hall–Kier alpha value is -1.07. The van der Waals surface area contributed by atoms with Gasteiger partial charge >= 0.3 is 0 Å². The molecule has 1 N–H and O–H groups in total. The highest BCUT2D eigenvalue weighted by atomic mass is 32.1. The second-order valence-electron chi connectivity index (χ2n) is 3.83. The molecular formula is C11H15NO3S. The highest BCUT2D eigenvalue weighted by molar-refractivity contribution is 7.12. The number of hydrogen-bond acceptors (Lipinski definition) is 4. The first-order valence-corrected chi connectivity index (χ1v) is 6.18. The van der Waals surface area contributed by atoms with Gasteiger partial charge in [-0.3, -0.25) is 4.79 Å². The standard InChI is InChI=1S/C11H15NO3S/c1-15-9-5-10(16-7-9)11(14)12-4-2-3-8(12)6-13/h5,7-8,13H,2-4,6H2,1H3/t8-/m0/s1. The number of amides is 1. The van der Waals surface area contributed by atoms with Gasteiger partial charge in [-0.15, -0.1) is 11.3 Å². The van der Waals surface area contributed by atoms with Crippen LogP contribution in [-0.4, -0.2) is 42.2 Å². The summed E-state index contributed by atoms with van der Waals surface area (Å²) in [6.07, 6.45) is 1.87. The number of nitrogens with zero attached hydrogens (tertiary/aromatic N) is 1. The summed E-state index contributed by atoms with van der Waals surface area (Å²) < 4.78 is 5.05. The van der Waals surface area contributed by atoms with Crippen LogP contribution in [0.25, 0.3) is 0 Å². The lowest BCUT2D eigenvalue weighted by atomic mass is 10.2. The fraction of sp³-hybridized carbons (Fsp3) is 0.545. The van der Waals surface area contributed by atoms with E-state index in [1.54, 1.807) is 18.1 Å². The molecule has 1 fully saturated rings. The van der Waals surface area contributed by atoms with Crippen molar-refractivity contribution in [3.05, 3.63) is 16.3 Å². The zero-order valence-electron chi connectivity index (χ0n) is 9.18. The van der Waals surface area contributed by atoms with E-state index in [2.05, 4.69) is 0 Å². The average Bonchev–Trinajstić information content (AvgIpc) is 2.96. The molecular weight excluding hydrogens is 226 g/mol. The van der Waals surface area contributed by atoms with Crippen molar-refractivity contribution in [3.8, 4) is 5.75 Å². The van der Waals surface area contributed by atoms with Gasteiger partial charge in [-0.1, -0.05) is 0 Å². The van der Waals surface area contributed by atoms with Gasteiger partial charge in [0.2, 0.25) is 0 Å². The van der Waals surface area contributed by atoms with Crippen molar-refractivity contribution in [1.29, 1.82) is 0 Å². The molecule has 88 valence electrons. The number of methoxy groups -OCH3 is 1. The molecule has 1 aromatic heterocycles. The van der Waals surface area contributed by atoms with Crippen molar-refractivity contribution >= 4 is 17.2 Å². The summed E-state index contributed by atoms with van der Waals surface area (Å²) in [5.41, 5.74) is 0. The number of rotatable bonds is 3.